The number of nitrogens with zero attached hydrogens (tertiary/aromatic N) is 5. The van der Waals surface area contributed by atoms with Crippen molar-refractivity contribution in [1.29, 1.82) is 0 Å². The molecule has 0 bridgehead atoms. The van der Waals surface area contributed by atoms with Crippen LogP contribution in [0.25, 0.3) is 0 Å². The molecule has 3 aromatic rings. The van der Waals surface area contributed by atoms with Gasteiger partial charge in [0.15, 0.2) is 0 Å². The number of benzene rings is 1. The molecule has 0 radical (unpaired) electrons. The summed E-state index contributed by atoms with van der Waals surface area (Å²) in [4.78, 5) is 34.8. The molecular formula is C21H25N7O2. The fourth-order valence-corrected chi connectivity index (χ4v) is 2.93. The van der Waals surface area contributed by atoms with Crippen molar-refractivity contribution >= 4 is 28.9 Å². The molecule has 3 rings (SSSR count). The third-order valence-corrected chi connectivity index (χ3v) is 4.52. The normalized spacial score (nSPS) is 10.5. The molecular weight excluding hydrogens is 382 g/mol. The quantitative estimate of drug-likeness (QED) is 0.620. The number of aromatic nitrogens is 4. The summed E-state index contributed by atoms with van der Waals surface area (Å²) in [6.07, 6.45) is 0. The molecule has 9 heteroatoms. The molecule has 0 saturated heterocycles. The van der Waals surface area contributed by atoms with Crippen LogP contribution in [0.1, 0.15) is 30.2 Å². The molecule has 0 saturated carbocycles. The van der Waals surface area contributed by atoms with Crippen LogP contribution in [0.15, 0.2) is 47.3 Å². The number of aryl methyl sites for hydroxylation is 2. The fraction of sp³-hybridized carbons (Fsp3) is 0.286. The third-order valence-electron chi connectivity index (χ3n) is 4.52. The summed E-state index contributed by atoms with van der Waals surface area (Å²) in [5.41, 5.74) is 1.34. The van der Waals surface area contributed by atoms with Gasteiger partial charge >= 0.3 is 0 Å². The van der Waals surface area contributed by atoms with Crippen molar-refractivity contribution in [2.75, 3.05) is 28.6 Å². The van der Waals surface area contributed by atoms with E-state index in [1.54, 1.807) is 12.1 Å². The average molecular weight is 407 g/mol. The zero-order valence-electron chi connectivity index (χ0n) is 17.5. The van der Waals surface area contributed by atoms with Crippen molar-refractivity contribution in [2.45, 2.75) is 20.8 Å². The second-order valence-electron chi connectivity index (χ2n) is 6.67. The Morgan fingerprint density at radius 3 is 2.33 bits per heavy atom. The number of carbonyl (C=O) groups is 1. The summed E-state index contributed by atoms with van der Waals surface area (Å²) >= 11 is 0. The third kappa shape index (κ3) is 4.99. The lowest BCUT2D eigenvalue weighted by molar-refractivity contribution is 0.102. The molecule has 0 unspecified atom stereocenters. The zero-order chi connectivity index (χ0) is 21.7. The molecule has 1 amide bonds. The lowest BCUT2D eigenvalue weighted by Gasteiger charge is -2.20. The topological polar surface area (TPSA) is 105 Å². The number of nitrogens with one attached hydrogen (secondary N) is 2. The first-order valence-electron chi connectivity index (χ1n) is 9.73. The Labute approximate surface area is 174 Å². The van der Waals surface area contributed by atoms with E-state index in [2.05, 4.69) is 44.4 Å². The Hall–Kier alpha value is -3.75. The molecule has 156 valence electrons. The zero-order valence-corrected chi connectivity index (χ0v) is 17.5. The summed E-state index contributed by atoms with van der Waals surface area (Å²) in [5.74, 6) is 1.89. The largest absolute Gasteiger partial charge is 0.357 e. The highest BCUT2D eigenvalue weighted by atomic mass is 16.2. The van der Waals surface area contributed by atoms with Crippen LogP contribution in [-0.2, 0) is 7.05 Å². The predicted octanol–water partition coefficient (Wildman–Crippen LogP) is 2.72. The average Bonchev–Trinajstić information content (AvgIpc) is 2.72. The molecule has 9 nitrogen and oxygen atoms in total. The van der Waals surface area contributed by atoms with E-state index >= 15 is 0 Å². The monoisotopic (exact) mass is 407 g/mol. The summed E-state index contributed by atoms with van der Waals surface area (Å²) in [5, 5.41) is 9.99. The standard InChI is InChI=1S/C21H25N7O2/c1-5-28(6-2)19-13-18(22-14(3)23-19)24-15-7-9-16(10-8-15)25-21(30)17-11-12-20(29)27(4)26-17/h7-13H,5-6H2,1-4H3,(H,25,30)(H,22,23,24). The number of carbonyl (C=O) groups excluding carboxylic acids is 1. The number of amides is 1. The summed E-state index contributed by atoms with van der Waals surface area (Å²) in [6, 6.07) is 11.9. The minimum Gasteiger partial charge on any atom is -0.357 e. The molecule has 0 atom stereocenters. The van der Waals surface area contributed by atoms with E-state index in [4.69, 9.17) is 0 Å². The van der Waals surface area contributed by atoms with Gasteiger partial charge in [0.05, 0.1) is 0 Å². The Morgan fingerprint density at radius 1 is 1.03 bits per heavy atom. The van der Waals surface area contributed by atoms with Crippen molar-refractivity contribution in [3.05, 3.63) is 64.3 Å². The SMILES string of the molecule is CCN(CC)c1cc(Nc2ccc(NC(=O)c3ccc(=O)n(C)n3)cc2)nc(C)n1. The minimum atomic E-state index is -0.387. The van der Waals surface area contributed by atoms with Crippen LogP contribution in [0.3, 0.4) is 0 Å². The Bertz CT molecular complexity index is 1090. The molecule has 2 aromatic heterocycles. The molecule has 0 spiro atoms. The molecule has 30 heavy (non-hydrogen) atoms. The molecule has 1 aromatic carbocycles. The Morgan fingerprint density at radius 2 is 1.70 bits per heavy atom. The van der Waals surface area contributed by atoms with Gasteiger partial charge < -0.3 is 15.5 Å². The highest BCUT2D eigenvalue weighted by Gasteiger charge is 2.10. The van der Waals surface area contributed by atoms with E-state index in [0.29, 0.717) is 17.3 Å². The molecule has 2 heterocycles. The van der Waals surface area contributed by atoms with Gasteiger partial charge in [0.25, 0.3) is 11.5 Å². The van der Waals surface area contributed by atoms with Crippen LogP contribution in [0.5, 0.6) is 0 Å². The Balaban J connectivity index is 1.71. The van der Waals surface area contributed by atoms with E-state index in [1.165, 1.54) is 19.2 Å². The fourth-order valence-electron chi connectivity index (χ4n) is 2.93. The van der Waals surface area contributed by atoms with Crippen LogP contribution < -0.4 is 21.1 Å². The highest BCUT2D eigenvalue weighted by molar-refractivity contribution is 6.02. The minimum absolute atomic E-state index is 0.166. The smallest absolute Gasteiger partial charge is 0.276 e. The summed E-state index contributed by atoms with van der Waals surface area (Å²) in [7, 11) is 1.50. The van der Waals surface area contributed by atoms with Gasteiger partial charge in [-0.3, -0.25) is 9.59 Å². The van der Waals surface area contributed by atoms with Gasteiger partial charge in [0, 0.05) is 43.6 Å². The van der Waals surface area contributed by atoms with Gasteiger partial charge in [-0.15, -0.1) is 0 Å². The van der Waals surface area contributed by atoms with Crippen LogP contribution in [0, 0.1) is 6.92 Å². The maximum absolute atomic E-state index is 12.3. The second-order valence-corrected chi connectivity index (χ2v) is 6.67. The van der Waals surface area contributed by atoms with Crippen LogP contribution >= 0.6 is 0 Å². The van der Waals surface area contributed by atoms with E-state index in [-0.39, 0.29) is 17.2 Å². The number of hydrogen-bond donors (Lipinski definition) is 2. The Kier molecular flexibility index (Phi) is 6.41. The van der Waals surface area contributed by atoms with Gasteiger partial charge in [-0.25, -0.2) is 14.6 Å². The first-order chi connectivity index (χ1) is 14.4. The van der Waals surface area contributed by atoms with E-state index in [1.807, 2.05) is 25.1 Å². The number of anilines is 4. The van der Waals surface area contributed by atoms with Gasteiger partial charge in [0.1, 0.15) is 23.2 Å². The van der Waals surface area contributed by atoms with Gasteiger partial charge in [-0.1, -0.05) is 0 Å². The lowest BCUT2D eigenvalue weighted by atomic mass is 10.2. The summed E-state index contributed by atoms with van der Waals surface area (Å²) in [6.45, 7) is 7.78. The van der Waals surface area contributed by atoms with E-state index in [0.717, 1.165) is 29.3 Å². The van der Waals surface area contributed by atoms with Crippen LogP contribution in [0.2, 0.25) is 0 Å². The highest BCUT2D eigenvalue weighted by Crippen LogP contribution is 2.21. The predicted molar refractivity (Wildman–Crippen MR) is 117 cm³/mol. The number of hydrogen-bond acceptors (Lipinski definition) is 7. The van der Waals surface area contributed by atoms with Crippen molar-refractivity contribution in [3.8, 4) is 0 Å². The van der Waals surface area contributed by atoms with Gasteiger partial charge in [-0.2, -0.15) is 5.10 Å². The first kappa shape index (κ1) is 21.0. The second kappa shape index (κ2) is 9.17. The lowest BCUT2D eigenvalue weighted by Crippen LogP contribution is -2.23. The molecule has 2 N–H and O–H groups in total. The van der Waals surface area contributed by atoms with Gasteiger partial charge in [-0.05, 0) is 51.1 Å². The van der Waals surface area contributed by atoms with Crippen LogP contribution in [-0.4, -0.2) is 38.7 Å². The van der Waals surface area contributed by atoms with E-state index in [9.17, 15) is 9.59 Å². The molecule has 0 aliphatic carbocycles. The molecule has 0 fully saturated rings. The number of rotatable bonds is 7. The van der Waals surface area contributed by atoms with Crippen molar-refractivity contribution < 1.29 is 4.79 Å². The van der Waals surface area contributed by atoms with E-state index < -0.39 is 0 Å². The van der Waals surface area contributed by atoms with Crippen molar-refractivity contribution in [1.82, 2.24) is 19.7 Å². The van der Waals surface area contributed by atoms with Crippen molar-refractivity contribution in [3.63, 3.8) is 0 Å². The van der Waals surface area contributed by atoms with Crippen LogP contribution in [0.4, 0.5) is 23.0 Å². The van der Waals surface area contributed by atoms with Crippen molar-refractivity contribution in [2.24, 2.45) is 7.05 Å². The van der Waals surface area contributed by atoms with Gasteiger partial charge in [0.2, 0.25) is 0 Å². The molecule has 0 aliphatic rings. The molecule has 0 aliphatic heterocycles. The summed E-state index contributed by atoms with van der Waals surface area (Å²) < 4.78 is 1.12. The maximum atomic E-state index is 12.3. The first-order valence-corrected chi connectivity index (χ1v) is 9.73. The maximum Gasteiger partial charge on any atom is 0.276 e.